The predicted octanol–water partition coefficient (Wildman–Crippen LogP) is 5.43. The highest BCUT2D eigenvalue weighted by Gasteiger charge is 2.35. The molecule has 0 aliphatic carbocycles. The maximum absolute atomic E-state index is 13.8. The number of pyridine rings is 1. The summed E-state index contributed by atoms with van der Waals surface area (Å²) in [6, 6.07) is 14.0. The lowest BCUT2D eigenvalue weighted by Crippen LogP contribution is -2.44. The van der Waals surface area contributed by atoms with Crippen LogP contribution in [0.1, 0.15) is 24.1 Å². The van der Waals surface area contributed by atoms with Gasteiger partial charge in [0.15, 0.2) is 5.13 Å². The van der Waals surface area contributed by atoms with Crippen molar-refractivity contribution in [2.24, 2.45) is 5.92 Å². The van der Waals surface area contributed by atoms with Gasteiger partial charge >= 0.3 is 0 Å². The van der Waals surface area contributed by atoms with Crippen molar-refractivity contribution >= 4 is 54.2 Å². The molecular formula is C26H24ClFN4O3S2. The molecule has 2 aromatic heterocycles. The number of hydrogen-bond donors (Lipinski definition) is 0. The van der Waals surface area contributed by atoms with Crippen LogP contribution in [0, 0.1) is 18.7 Å². The Bertz CT molecular complexity index is 1540. The summed E-state index contributed by atoms with van der Waals surface area (Å²) in [4.78, 5) is 24.7. The third kappa shape index (κ3) is 5.24. The summed E-state index contributed by atoms with van der Waals surface area (Å²) >= 11 is 7.71. The molecule has 0 saturated carbocycles. The molecule has 1 aliphatic heterocycles. The monoisotopic (exact) mass is 558 g/mol. The zero-order valence-electron chi connectivity index (χ0n) is 20.0. The van der Waals surface area contributed by atoms with E-state index in [4.69, 9.17) is 16.6 Å². The highest BCUT2D eigenvalue weighted by atomic mass is 35.5. The summed E-state index contributed by atoms with van der Waals surface area (Å²) in [5.74, 6) is -0.990. The smallest absolute Gasteiger partial charge is 0.243 e. The molecule has 1 aliphatic rings. The highest BCUT2D eigenvalue weighted by Crippen LogP contribution is 2.36. The number of fused-ring (bicyclic) bond motifs is 1. The second-order valence-corrected chi connectivity index (χ2v) is 12.2. The van der Waals surface area contributed by atoms with Gasteiger partial charge in [0.2, 0.25) is 15.9 Å². The Morgan fingerprint density at radius 3 is 2.54 bits per heavy atom. The maximum atomic E-state index is 13.8. The Balaban J connectivity index is 1.39. The molecule has 0 bridgehead atoms. The Morgan fingerprint density at radius 1 is 1.14 bits per heavy atom. The number of nitrogens with zero attached hydrogens (tertiary/aromatic N) is 4. The Hall–Kier alpha value is -2.92. The number of anilines is 1. The van der Waals surface area contributed by atoms with Crippen LogP contribution in [0.2, 0.25) is 5.02 Å². The van der Waals surface area contributed by atoms with Crippen LogP contribution < -0.4 is 4.90 Å². The van der Waals surface area contributed by atoms with E-state index in [1.165, 1.54) is 27.8 Å². The molecule has 4 aromatic rings. The fourth-order valence-corrected chi connectivity index (χ4v) is 7.07. The number of thiazole rings is 1. The number of amides is 1. The molecule has 1 saturated heterocycles. The second-order valence-electron chi connectivity index (χ2n) is 8.89. The summed E-state index contributed by atoms with van der Waals surface area (Å²) in [5.41, 5.74) is 2.33. The maximum Gasteiger partial charge on any atom is 0.243 e. The van der Waals surface area contributed by atoms with Crippen LogP contribution >= 0.6 is 22.9 Å². The predicted molar refractivity (Wildman–Crippen MR) is 143 cm³/mol. The average Bonchev–Trinajstić information content (AvgIpc) is 3.35. The van der Waals surface area contributed by atoms with Gasteiger partial charge in [-0.2, -0.15) is 4.31 Å². The van der Waals surface area contributed by atoms with Crippen LogP contribution in [-0.4, -0.2) is 41.7 Å². The first-order valence-corrected chi connectivity index (χ1v) is 14.4. The molecule has 0 spiro atoms. The lowest BCUT2D eigenvalue weighted by atomic mass is 9.96. The summed E-state index contributed by atoms with van der Waals surface area (Å²) < 4.78 is 41.6. The first-order chi connectivity index (χ1) is 17.7. The Morgan fingerprint density at radius 2 is 1.86 bits per heavy atom. The van der Waals surface area contributed by atoms with Gasteiger partial charge in [-0.3, -0.25) is 14.7 Å². The molecule has 192 valence electrons. The standard InChI is InChI=1S/C26H24ClFN4O3S2/c1-17-22(27)9-10-23-24(17)30-26(36-23)32(16-20-4-2-3-13-29-20)25(33)18-11-14-31(15-12-18)37(34,35)21-7-5-19(28)6-8-21/h2-10,13,18H,11-12,14-16H2,1H3. The molecule has 37 heavy (non-hydrogen) atoms. The van der Waals surface area contributed by atoms with Crippen molar-refractivity contribution in [3.05, 3.63) is 82.9 Å². The normalized spacial score (nSPS) is 15.2. The third-order valence-corrected chi connectivity index (χ3v) is 9.90. The zero-order chi connectivity index (χ0) is 26.2. The van der Waals surface area contributed by atoms with Gasteiger partial charge in [0, 0.05) is 30.2 Å². The number of hydrogen-bond acceptors (Lipinski definition) is 6. The van der Waals surface area contributed by atoms with Gasteiger partial charge in [-0.1, -0.05) is 29.0 Å². The average molecular weight is 559 g/mol. The number of carbonyl (C=O) groups is 1. The summed E-state index contributed by atoms with van der Waals surface area (Å²) in [6.07, 6.45) is 2.42. The fourth-order valence-electron chi connectivity index (χ4n) is 4.42. The summed E-state index contributed by atoms with van der Waals surface area (Å²) in [7, 11) is -3.77. The van der Waals surface area contributed by atoms with Crippen molar-refractivity contribution in [2.75, 3.05) is 18.0 Å². The number of aromatic nitrogens is 2. The van der Waals surface area contributed by atoms with E-state index in [0.717, 1.165) is 33.6 Å². The van der Waals surface area contributed by atoms with Crippen LogP contribution in [0.15, 0.2) is 65.7 Å². The van der Waals surface area contributed by atoms with Crippen LogP contribution in [0.5, 0.6) is 0 Å². The van der Waals surface area contributed by atoms with Crippen molar-refractivity contribution in [1.82, 2.24) is 14.3 Å². The Kier molecular flexibility index (Phi) is 7.26. The number of piperidine rings is 1. The quantitative estimate of drug-likeness (QED) is 0.315. The molecule has 0 atom stereocenters. The topological polar surface area (TPSA) is 83.5 Å². The molecule has 1 fully saturated rings. The summed E-state index contributed by atoms with van der Waals surface area (Å²) in [5, 5.41) is 1.17. The van der Waals surface area contributed by atoms with E-state index < -0.39 is 15.8 Å². The van der Waals surface area contributed by atoms with Crippen molar-refractivity contribution in [3.8, 4) is 0 Å². The van der Waals surface area contributed by atoms with Gasteiger partial charge in [0.25, 0.3) is 0 Å². The minimum Gasteiger partial charge on any atom is -0.282 e. The first-order valence-electron chi connectivity index (χ1n) is 11.8. The lowest BCUT2D eigenvalue weighted by molar-refractivity contribution is -0.123. The number of carbonyl (C=O) groups excluding carboxylic acids is 1. The van der Waals surface area contributed by atoms with Crippen LogP contribution in [0.25, 0.3) is 10.2 Å². The number of benzene rings is 2. The van der Waals surface area contributed by atoms with Gasteiger partial charge in [0.1, 0.15) is 5.82 Å². The molecule has 5 rings (SSSR count). The highest BCUT2D eigenvalue weighted by molar-refractivity contribution is 7.89. The molecule has 1 amide bonds. The third-order valence-electron chi connectivity index (χ3n) is 6.53. The minimum atomic E-state index is -3.77. The minimum absolute atomic E-state index is 0.0407. The molecular weight excluding hydrogens is 535 g/mol. The zero-order valence-corrected chi connectivity index (χ0v) is 22.4. The van der Waals surface area contributed by atoms with E-state index in [9.17, 15) is 17.6 Å². The first kappa shape index (κ1) is 25.7. The largest absolute Gasteiger partial charge is 0.282 e. The molecule has 7 nitrogen and oxygen atoms in total. The van der Waals surface area contributed by atoms with E-state index in [0.29, 0.717) is 23.0 Å². The number of sulfonamides is 1. The molecule has 0 radical (unpaired) electrons. The second kappa shape index (κ2) is 10.4. The van der Waals surface area contributed by atoms with Crippen LogP contribution in [0.3, 0.4) is 0 Å². The molecule has 11 heteroatoms. The van der Waals surface area contributed by atoms with Crippen molar-refractivity contribution in [3.63, 3.8) is 0 Å². The molecule has 2 aromatic carbocycles. The van der Waals surface area contributed by atoms with Gasteiger partial charge in [-0.15, -0.1) is 0 Å². The van der Waals surface area contributed by atoms with E-state index in [1.807, 2.05) is 37.3 Å². The van der Waals surface area contributed by atoms with Crippen molar-refractivity contribution in [2.45, 2.75) is 31.2 Å². The van der Waals surface area contributed by atoms with Crippen molar-refractivity contribution in [1.29, 1.82) is 0 Å². The summed E-state index contributed by atoms with van der Waals surface area (Å²) in [6.45, 7) is 2.54. The van der Waals surface area contributed by atoms with Crippen molar-refractivity contribution < 1.29 is 17.6 Å². The molecule has 0 N–H and O–H groups in total. The number of aryl methyl sites for hydroxylation is 1. The number of halogens is 2. The van der Waals surface area contributed by atoms with Crippen LogP contribution in [0.4, 0.5) is 9.52 Å². The van der Waals surface area contributed by atoms with Gasteiger partial charge in [0.05, 0.1) is 27.4 Å². The molecule has 0 unspecified atom stereocenters. The van der Waals surface area contributed by atoms with Gasteiger partial charge < -0.3 is 0 Å². The van der Waals surface area contributed by atoms with Crippen LogP contribution in [-0.2, 0) is 21.4 Å². The van der Waals surface area contributed by atoms with Gasteiger partial charge in [-0.25, -0.2) is 17.8 Å². The van der Waals surface area contributed by atoms with Gasteiger partial charge in [-0.05, 0) is 73.9 Å². The van der Waals surface area contributed by atoms with E-state index >= 15 is 0 Å². The van der Waals surface area contributed by atoms with E-state index in [1.54, 1.807) is 11.1 Å². The lowest BCUT2D eigenvalue weighted by Gasteiger charge is -2.33. The SMILES string of the molecule is Cc1c(Cl)ccc2sc(N(Cc3ccccn3)C(=O)C3CCN(S(=O)(=O)c4ccc(F)cc4)CC3)nc12. The van der Waals surface area contributed by atoms with E-state index in [-0.39, 0.29) is 36.4 Å². The number of rotatable bonds is 6. The molecule has 3 heterocycles. The Labute approximate surface area is 223 Å². The fraction of sp³-hybridized carbons (Fsp3) is 0.269. The van der Waals surface area contributed by atoms with E-state index in [2.05, 4.69) is 4.98 Å².